The summed E-state index contributed by atoms with van der Waals surface area (Å²) < 4.78 is 5.20. The highest BCUT2D eigenvalue weighted by molar-refractivity contribution is 6.30. The fourth-order valence-electron chi connectivity index (χ4n) is 1.75. The lowest BCUT2D eigenvalue weighted by Crippen LogP contribution is -2.54. The molecule has 6 heteroatoms. The molecule has 1 aromatic carbocycles. The number of rotatable bonds is 2. The highest BCUT2D eigenvalue weighted by atomic mass is 35.5. The van der Waals surface area contributed by atoms with Crippen LogP contribution in [0.5, 0.6) is 0 Å². The van der Waals surface area contributed by atoms with Gasteiger partial charge in [0.1, 0.15) is 5.54 Å². The number of carbonyl (C=O) groups excluding carboxylic acids is 1. The number of carbonyl (C=O) groups is 1. The van der Waals surface area contributed by atoms with Crippen molar-refractivity contribution in [3.8, 4) is 0 Å². The maximum absolute atomic E-state index is 12.0. The van der Waals surface area contributed by atoms with E-state index < -0.39 is 5.54 Å². The van der Waals surface area contributed by atoms with Gasteiger partial charge in [-0.2, -0.15) is 0 Å². The Hall–Kier alpha value is -0.810. The summed E-state index contributed by atoms with van der Waals surface area (Å²) in [5, 5.41) is 3.44. The number of ether oxygens (including phenoxy) is 1. The first-order valence-corrected chi connectivity index (χ1v) is 5.92. The van der Waals surface area contributed by atoms with Crippen molar-refractivity contribution < 1.29 is 9.53 Å². The second-order valence-corrected chi connectivity index (χ2v) is 4.67. The molecule has 0 bridgehead atoms. The van der Waals surface area contributed by atoms with Crippen LogP contribution in [0.15, 0.2) is 24.3 Å². The highest BCUT2D eigenvalue weighted by Gasteiger charge is 2.35. The van der Waals surface area contributed by atoms with E-state index in [1.54, 1.807) is 24.3 Å². The molecule has 3 N–H and O–H groups in total. The number of hydrogen-bond acceptors (Lipinski definition) is 3. The summed E-state index contributed by atoms with van der Waals surface area (Å²) in [7, 11) is 0. The monoisotopic (exact) mass is 290 g/mol. The molecule has 4 nitrogen and oxygen atoms in total. The van der Waals surface area contributed by atoms with E-state index >= 15 is 0 Å². The summed E-state index contributed by atoms with van der Waals surface area (Å²) in [6.45, 7) is 1.06. The Balaban J connectivity index is 0.00000162. The molecular formula is C12H16Cl2N2O2. The number of nitrogens with one attached hydrogen (secondary N) is 1. The van der Waals surface area contributed by atoms with Crippen LogP contribution in [-0.4, -0.2) is 24.7 Å². The molecule has 0 spiro atoms. The minimum Gasteiger partial charge on any atom is -0.381 e. The molecule has 2 rings (SSSR count). The Kier molecular flexibility index (Phi) is 5.41. The Bertz CT molecular complexity index is 403. The van der Waals surface area contributed by atoms with Crippen molar-refractivity contribution in [2.75, 3.05) is 18.5 Å². The molecule has 0 saturated carbocycles. The van der Waals surface area contributed by atoms with E-state index in [0.29, 0.717) is 36.8 Å². The van der Waals surface area contributed by atoms with Crippen LogP contribution in [0.3, 0.4) is 0 Å². The molecule has 100 valence electrons. The van der Waals surface area contributed by atoms with Crippen molar-refractivity contribution in [1.29, 1.82) is 0 Å². The van der Waals surface area contributed by atoms with E-state index in [1.807, 2.05) is 0 Å². The Morgan fingerprint density at radius 1 is 1.28 bits per heavy atom. The molecule has 0 atom stereocenters. The summed E-state index contributed by atoms with van der Waals surface area (Å²) in [5.41, 5.74) is 5.95. The second kappa shape index (κ2) is 6.38. The fraction of sp³-hybridized carbons (Fsp3) is 0.417. The van der Waals surface area contributed by atoms with Crippen LogP contribution >= 0.6 is 24.0 Å². The fourth-order valence-corrected chi connectivity index (χ4v) is 1.88. The van der Waals surface area contributed by atoms with E-state index in [-0.39, 0.29) is 18.3 Å². The van der Waals surface area contributed by atoms with Gasteiger partial charge >= 0.3 is 0 Å². The molecule has 0 radical (unpaired) electrons. The van der Waals surface area contributed by atoms with Crippen molar-refractivity contribution in [2.24, 2.45) is 5.73 Å². The average molecular weight is 291 g/mol. The summed E-state index contributed by atoms with van der Waals surface area (Å²) in [5.74, 6) is -0.164. The van der Waals surface area contributed by atoms with Crippen LogP contribution in [0, 0.1) is 0 Å². The quantitative estimate of drug-likeness (QED) is 0.878. The van der Waals surface area contributed by atoms with Gasteiger partial charge in [-0.05, 0) is 37.1 Å². The van der Waals surface area contributed by atoms with E-state index in [0.717, 1.165) is 0 Å². The largest absolute Gasteiger partial charge is 0.381 e. The third-order valence-corrected chi connectivity index (χ3v) is 3.19. The maximum atomic E-state index is 12.0. The number of halogens is 2. The SMILES string of the molecule is Cl.NC1(C(=O)Nc2ccc(Cl)cc2)CCOCC1. The van der Waals surface area contributed by atoms with Crippen LogP contribution in [0.1, 0.15) is 12.8 Å². The number of nitrogens with two attached hydrogens (primary N) is 1. The Morgan fingerprint density at radius 3 is 2.39 bits per heavy atom. The third kappa shape index (κ3) is 3.59. The molecule has 0 unspecified atom stereocenters. The molecule has 0 aliphatic carbocycles. The lowest BCUT2D eigenvalue weighted by molar-refractivity contribution is -0.124. The predicted molar refractivity (Wildman–Crippen MR) is 74.3 cm³/mol. The van der Waals surface area contributed by atoms with Gasteiger partial charge in [0, 0.05) is 23.9 Å². The van der Waals surface area contributed by atoms with Crippen LogP contribution in [0.2, 0.25) is 5.02 Å². The molecule has 1 fully saturated rings. The van der Waals surface area contributed by atoms with E-state index in [4.69, 9.17) is 22.1 Å². The van der Waals surface area contributed by atoms with Crippen LogP contribution in [0.25, 0.3) is 0 Å². The van der Waals surface area contributed by atoms with Crippen molar-refractivity contribution in [2.45, 2.75) is 18.4 Å². The molecule has 1 aliphatic rings. The zero-order chi connectivity index (χ0) is 12.3. The molecule has 1 aromatic rings. The van der Waals surface area contributed by atoms with Gasteiger partial charge in [0.2, 0.25) is 5.91 Å². The number of benzene rings is 1. The minimum absolute atomic E-state index is 0. The van der Waals surface area contributed by atoms with Crippen LogP contribution < -0.4 is 11.1 Å². The summed E-state index contributed by atoms with van der Waals surface area (Å²) in [6, 6.07) is 6.96. The normalized spacial score (nSPS) is 17.7. The van der Waals surface area contributed by atoms with Gasteiger partial charge < -0.3 is 15.8 Å². The summed E-state index contributed by atoms with van der Waals surface area (Å²) in [4.78, 5) is 12.0. The molecule has 1 saturated heterocycles. The number of amides is 1. The third-order valence-electron chi connectivity index (χ3n) is 2.94. The van der Waals surface area contributed by atoms with E-state index in [1.165, 1.54) is 0 Å². The second-order valence-electron chi connectivity index (χ2n) is 4.23. The Morgan fingerprint density at radius 2 is 1.83 bits per heavy atom. The predicted octanol–water partition coefficient (Wildman–Crippen LogP) is 2.21. The van der Waals surface area contributed by atoms with Gasteiger partial charge in [0.05, 0.1) is 0 Å². The van der Waals surface area contributed by atoms with Gasteiger partial charge in [0.15, 0.2) is 0 Å². The molecule has 1 heterocycles. The van der Waals surface area contributed by atoms with Crippen LogP contribution in [0.4, 0.5) is 5.69 Å². The molecule has 1 aliphatic heterocycles. The van der Waals surface area contributed by atoms with Gasteiger partial charge in [-0.25, -0.2) is 0 Å². The molecule has 1 amide bonds. The zero-order valence-corrected chi connectivity index (χ0v) is 11.4. The standard InChI is InChI=1S/C12H15ClN2O2.ClH/c13-9-1-3-10(4-2-9)15-11(16)12(14)5-7-17-8-6-12;/h1-4H,5-8,14H2,(H,15,16);1H. The lowest BCUT2D eigenvalue weighted by Gasteiger charge is -2.31. The number of anilines is 1. The lowest BCUT2D eigenvalue weighted by atomic mass is 9.90. The smallest absolute Gasteiger partial charge is 0.244 e. The maximum Gasteiger partial charge on any atom is 0.244 e. The zero-order valence-electron chi connectivity index (χ0n) is 9.82. The highest BCUT2D eigenvalue weighted by Crippen LogP contribution is 2.21. The van der Waals surface area contributed by atoms with Crippen molar-refractivity contribution >= 4 is 35.6 Å². The number of hydrogen-bond donors (Lipinski definition) is 2. The van der Waals surface area contributed by atoms with Gasteiger partial charge in [-0.3, -0.25) is 4.79 Å². The first kappa shape index (κ1) is 15.2. The van der Waals surface area contributed by atoms with E-state index in [9.17, 15) is 4.79 Å². The van der Waals surface area contributed by atoms with Gasteiger partial charge in [0.25, 0.3) is 0 Å². The first-order valence-electron chi connectivity index (χ1n) is 5.54. The molecule has 18 heavy (non-hydrogen) atoms. The van der Waals surface area contributed by atoms with Crippen molar-refractivity contribution in [3.05, 3.63) is 29.3 Å². The first-order chi connectivity index (χ1) is 8.10. The van der Waals surface area contributed by atoms with E-state index in [2.05, 4.69) is 5.32 Å². The topological polar surface area (TPSA) is 64.4 Å². The average Bonchev–Trinajstić information content (AvgIpc) is 2.33. The van der Waals surface area contributed by atoms with Gasteiger partial charge in [-0.1, -0.05) is 11.6 Å². The van der Waals surface area contributed by atoms with Crippen molar-refractivity contribution in [3.63, 3.8) is 0 Å². The summed E-state index contributed by atoms with van der Waals surface area (Å²) >= 11 is 5.77. The van der Waals surface area contributed by atoms with Crippen LogP contribution in [-0.2, 0) is 9.53 Å². The summed E-state index contributed by atoms with van der Waals surface area (Å²) in [6.07, 6.45) is 1.10. The molecular weight excluding hydrogens is 275 g/mol. The molecule has 0 aromatic heterocycles. The minimum atomic E-state index is -0.822. The van der Waals surface area contributed by atoms with Gasteiger partial charge in [-0.15, -0.1) is 12.4 Å². The van der Waals surface area contributed by atoms with Crippen molar-refractivity contribution in [1.82, 2.24) is 0 Å². The Labute approximate surface area is 117 Å².